The molecule has 0 radical (unpaired) electrons. The molecule has 1 aromatic heterocycles. The van der Waals surface area contributed by atoms with Crippen molar-refractivity contribution in [3.05, 3.63) is 52.3 Å². The zero-order valence-electron chi connectivity index (χ0n) is 11.2. The Hall–Kier alpha value is -1.55. The van der Waals surface area contributed by atoms with Gasteiger partial charge in [-0.05, 0) is 40.9 Å². The third-order valence-electron chi connectivity index (χ3n) is 3.22. The molecule has 0 bridgehead atoms. The second kappa shape index (κ2) is 6.06. The summed E-state index contributed by atoms with van der Waals surface area (Å²) in [6, 6.07) is 8.42. The fraction of sp³-hybridized carbons (Fsp3) is 0.267. The Balaban J connectivity index is 2.34. The van der Waals surface area contributed by atoms with Gasteiger partial charge in [0.1, 0.15) is 0 Å². The Morgan fingerprint density at radius 1 is 1.26 bits per heavy atom. The summed E-state index contributed by atoms with van der Waals surface area (Å²) in [5.41, 5.74) is 10.4. The number of rotatable bonds is 4. The minimum absolute atomic E-state index is 0.699. The molecular formula is C15H18BrN3. The van der Waals surface area contributed by atoms with E-state index in [9.17, 15) is 0 Å². The summed E-state index contributed by atoms with van der Waals surface area (Å²) >= 11 is 3.54. The van der Waals surface area contributed by atoms with Gasteiger partial charge in [-0.15, -0.1) is 0 Å². The lowest BCUT2D eigenvalue weighted by Crippen LogP contribution is -2.24. The first-order chi connectivity index (χ1) is 9.13. The summed E-state index contributed by atoms with van der Waals surface area (Å²) < 4.78 is 0.933. The van der Waals surface area contributed by atoms with Gasteiger partial charge < -0.3 is 10.6 Å². The van der Waals surface area contributed by atoms with Crippen LogP contribution in [0.25, 0.3) is 0 Å². The first-order valence-corrected chi connectivity index (χ1v) is 7.11. The normalized spacial score (nSPS) is 10.5. The molecule has 0 unspecified atom stereocenters. The predicted octanol–water partition coefficient (Wildman–Crippen LogP) is 3.76. The number of benzene rings is 1. The summed E-state index contributed by atoms with van der Waals surface area (Å²) in [7, 11) is 0. The molecule has 0 fully saturated rings. The Labute approximate surface area is 122 Å². The highest BCUT2D eigenvalue weighted by atomic mass is 79.9. The van der Waals surface area contributed by atoms with Gasteiger partial charge in [-0.3, -0.25) is 4.98 Å². The highest BCUT2D eigenvalue weighted by Gasteiger charge is 2.13. The van der Waals surface area contributed by atoms with Gasteiger partial charge in [-0.1, -0.05) is 24.3 Å². The lowest BCUT2D eigenvalue weighted by Gasteiger charge is -2.26. The summed E-state index contributed by atoms with van der Waals surface area (Å²) in [4.78, 5) is 6.34. The Kier molecular flexibility index (Phi) is 4.43. The van der Waals surface area contributed by atoms with Crippen molar-refractivity contribution in [3.8, 4) is 0 Å². The molecule has 0 amide bonds. The molecule has 19 heavy (non-hydrogen) atoms. The Bertz CT molecular complexity index is 549. The quantitative estimate of drug-likeness (QED) is 0.932. The number of nitrogens with two attached hydrogens (primary N) is 1. The molecule has 3 nitrogen and oxygen atoms in total. The van der Waals surface area contributed by atoms with Crippen molar-refractivity contribution < 1.29 is 0 Å². The van der Waals surface area contributed by atoms with Crippen LogP contribution >= 0.6 is 15.9 Å². The number of anilines is 2. The molecule has 2 rings (SSSR count). The van der Waals surface area contributed by atoms with E-state index in [1.54, 1.807) is 12.4 Å². The van der Waals surface area contributed by atoms with Gasteiger partial charge in [0.05, 0.1) is 22.0 Å². The van der Waals surface area contributed by atoms with Crippen LogP contribution in [0, 0.1) is 6.92 Å². The average molecular weight is 320 g/mol. The average Bonchev–Trinajstić information content (AvgIpc) is 2.39. The summed E-state index contributed by atoms with van der Waals surface area (Å²) in [5.74, 6) is 0. The molecule has 4 heteroatoms. The van der Waals surface area contributed by atoms with Gasteiger partial charge in [0, 0.05) is 19.3 Å². The van der Waals surface area contributed by atoms with Crippen molar-refractivity contribution in [1.82, 2.24) is 4.98 Å². The SMILES string of the molecule is CCN(Cc1ccccc1C)c1c(N)cncc1Br. The molecule has 0 aliphatic heterocycles. The highest BCUT2D eigenvalue weighted by molar-refractivity contribution is 9.10. The standard InChI is InChI=1S/C15H18BrN3/c1-3-19(10-12-7-5-4-6-11(12)2)15-13(16)8-18-9-14(15)17/h4-9H,3,10,17H2,1-2H3. The number of aromatic nitrogens is 1. The second-order valence-electron chi connectivity index (χ2n) is 4.50. The van der Waals surface area contributed by atoms with Crippen molar-refractivity contribution >= 4 is 27.3 Å². The van der Waals surface area contributed by atoms with Crippen LogP contribution in [0.15, 0.2) is 41.1 Å². The summed E-state index contributed by atoms with van der Waals surface area (Å²) in [6.45, 7) is 6.00. The van der Waals surface area contributed by atoms with Gasteiger partial charge in [0.2, 0.25) is 0 Å². The number of pyridine rings is 1. The number of aryl methyl sites for hydroxylation is 1. The molecule has 0 aliphatic rings. The van der Waals surface area contributed by atoms with E-state index >= 15 is 0 Å². The molecule has 0 saturated carbocycles. The number of hydrogen-bond acceptors (Lipinski definition) is 3. The molecule has 2 aromatic rings. The zero-order valence-corrected chi connectivity index (χ0v) is 12.8. The molecule has 2 N–H and O–H groups in total. The fourth-order valence-electron chi connectivity index (χ4n) is 2.12. The largest absolute Gasteiger partial charge is 0.396 e. The van der Waals surface area contributed by atoms with E-state index in [0.717, 1.165) is 23.2 Å². The molecular weight excluding hydrogens is 302 g/mol. The topological polar surface area (TPSA) is 42.1 Å². The molecule has 100 valence electrons. The molecule has 0 aliphatic carbocycles. The lowest BCUT2D eigenvalue weighted by atomic mass is 10.1. The third kappa shape index (κ3) is 3.07. The number of nitrogens with zero attached hydrogens (tertiary/aromatic N) is 2. The second-order valence-corrected chi connectivity index (χ2v) is 5.35. The maximum atomic E-state index is 6.06. The van der Waals surface area contributed by atoms with E-state index in [2.05, 4.69) is 63.9 Å². The maximum Gasteiger partial charge on any atom is 0.0778 e. The van der Waals surface area contributed by atoms with E-state index in [-0.39, 0.29) is 0 Å². The third-order valence-corrected chi connectivity index (χ3v) is 3.80. The van der Waals surface area contributed by atoms with E-state index in [4.69, 9.17) is 5.73 Å². The van der Waals surface area contributed by atoms with Crippen LogP contribution in [-0.2, 0) is 6.54 Å². The van der Waals surface area contributed by atoms with Gasteiger partial charge in [-0.25, -0.2) is 0 Å². The van der Waals surface area contributed by atoms with Gasteiger partial charge in [-0.2, -0.15) is 0 Å². The van der Waals surface area contributed by atoms with E-state index < -0.39 is 0 Å². The molecule has 1 aromatic carbocycles. The molecule has 0 spiro atoms. The molecule has 0 atom stereocenters. The molecule has 0 saturated heterocycles. The first-order valence-electron chi connectivity index (χ1n) is 6.32. The van der Waals surface area contributed by atoms with E-state index in [1.165, 1.54) is 11.1 Å². The first kappa shape index (κ1) is 13.9. The van der Waals surface area contributed by atoms with Crippen LogP contribution < -0.4 is 10.6 Å². The van der Waals surface area contributed by atoms with Crippen LogP contribution in [0.2, 0.25) is 0 Å². The maximum absolute atomic E-state index is 6.06. The summed E-state index contributed by atoms with van der Waals surface area (Å²) in [5, 5.41) is 0. The smallest absolute Gasteiger partial charge is 0.0778 e. The van der Waals surface area contributed by atoms with Crippen molar-refractivity contribution in [3.63, 3.8) is 0 Å². The van der Waals surface area contributed by atoms with Crippen LogP contribution in [-0.4, -0.2) is 11.5 Å². The van der Waals surface area contributed by atoms with Gasteiger partial charge in [0.25, 0.3) is 0 Å². The monoisotopic (exact) mass is 319 g/mol. The van der Waals surface area contributed by atoms with Crippen LogP contribution in [0.1, 0.15) is 18.1 Å². The van der Waals surface area contributed by atoms with Crippen LogP contribution in [0.3, 0.4) is 0 Å². The number of halogens is 1. The molecule has 1 heterocycles. The van der Waals surface area contributed by atoms with Crippen molar-refractivity contribution in [2.45, 2.75) is 20.4 Å². The zero-order chi connectivity index (χ0) is 13.8. The van der Waals surface area contributed by atoms with Crippen molar-refractivity contribution in [2.24, 2.45) is 0 Å². The number of nitrogen functional groups attached to an aromatic ring is 1. The lowest BCUT2D eigenvalue weighted by molar-refractivity contribution is 0.825. The van der Waals surface area contributed by atoms with Crippen LogP contribution in [0.5, 0.6) is 0 Å². The fourth-order valence-corrected chi connectivity index (χ4v) is 2.72. The number of hydrogen-bond donors (Lipinski definition) is 1. The van der Waals surface area contributed by atoms with Crippen molar-refractivity contribution in [2.75, 3.05) is 17.2 Å². The van der Waals surface area contributed by atoms with Crippen molar-refractivity contribution in [1.29, 1.82) is 0 Å². The Morgan fingerprint density at radius 3 is 2.63 bits per heavy atom. The predicted molar refractivity (Wildman–Crippen MR) is 84.3 cm³/mol. The van der Waals surface area contributed by atoms with E-state index in [0.29, 0.717) is 5.69 Å². The van der Waals surface area contributed by atoms with Crippen LogP contribution in [0.4, 0.5) is 11.4 Å². The van der Waals surface area contributed by atoms with Gasteiger partial charge in [0.15, 0.2) is 0 Å². The van der Waals surface area contributed by atoms with E-state index in [1.807, 2.05) is 0 Å². The Morgan fingerprint density at radius 2 is 2.00 bits per heavy atom. The highest BCUT2D eigenvalue weighted by Crippen LogP contribution is 2.32. The minimum atomic E-state index is 0.699. The van der Waals surface area contributed by atoms with Gasteiger partial charge >= 0.3 is 0 Å². The summed E-state index contributed by atoms with van der Waals surface area (Å²) in [6.07, 6.45) is 3.48. The minimum Gasteiger partial charge on any atom is -0.396 e.